The Morgan fingerprint density at radius 3 is 2.83 bits per heavy atom. The molecule has 2 aromatic rings. The van der Waals surface area contributed by atoms with Gasteiger partial charge in [0.1, 0.15) is 0 Å². The second-order valence-electron chi connectivity index (χ2n) is 6.13. The molecule has 1 aromatic heterocycles. The number of carbonyl (C=O) groups excluding carboxylic acids is 1. The highest BCUT2D eigenvalue weighted by atomic mass is 16.7. The molecule has 6 nitrogen and oxygen atoms in total. The first-order valence-electron chi connectivity index (χ1n) is 7.83. The van der Waals surface area contributed by atoms with Gasteiger partial charge in [-0.25, -0.2) is 0 Å². The van der Waals surface area contributed by atoms with Crippen LogP contribution >= 0.6 is 0 Å². The van der Waals surface area contributed by atoms with E-state index in [4.69, 9.17) is 9.47 Å². The summed E-state index contributed by atoms with van der Waals surface area (Å²) in [6.45, 7) is 5.71. The zero-order valence-electron chi connectivity index (χ0n) is 13.3. The lowest BCUT2D eigenvalue weighted by Gasteiger charge is -2.17. The van der Waals surface area contributed by atoms with Crippen LogP contribution in [-0.4, -0.2) is 40.5 Å². The SMILES string of the molecule is Cc1cc(C)n([C@H]2CCN(C(=O)c3ccc4c(c3)OCO4)C2)n1. The van der Waals surface area contributed by atoms with Gasteiger partial charge in [0.15, 0.2) is 11.5 Å². The molecule has 0 bridgehead atoms. The number of hydrogen-bond acceptors (Lipinski definition) is 4. The first kappa shape index (κ1) is 14.1. The molecule has 1 saturated heterocycles. The molecule has 120 valence electrons. The number of benzene rings is 1. The van der Waals surface area contributed by atoms with Crippen LogP contribution in [0.5, 0.6) is 11.5 Å². The highest BCUT2D eigenvalue weighted by molar-refractivity contribution is 5.95. The molecule has 0 radical (unpaired) electrons. The Hall–Kier alpha value is -2.50. The van der Waals surface area contributed by atoms with E-state index in [0.717, 1.165) is 24.4 Å². The average Bonchev–Trinajstić information content (AvgIpc) is 3.24. The zero-order chi connectivity index (χ0) is 16.0. The minimum atomic E-state index is 0.0346. The zero-order valence-corrected chi connectivity index (χ0v) is 13.3. The van der Waals surface area contributed by atoms with Crippen LogP contribution < -0.4 is 9.47 Å². The van der Waals surface area contributed by atoms with Gasteiger partial charge in [0.2, 0.25) is 6.79 Å². The molecular weight excluding hydrogens is 294 g/mol. The number of fused-ring (bicyclic) bond motifs is 1. The molecule has 23 heavy (non-hydrogen) atoms. The lowest BCUT2D eigenvalue weighted by molar-refractivity contribution is 0.0786. The number of aryl methyl sites for hydroxylation is 2. The minimum absolute atomic E-state index is 0.0346. The van der Waals surface area contributed by atoms with Crippen molar-refractivity contribution >= 4 is 5.91 Å². The smallest absolute Gasteiger partial charge is 0.254 e. The van der Waals surface area contributed by atoms with Crippen LogP contribution in [0.25, 0.3) is 0 Å². The summed E-state index contributed by atoms with van der Waals surface area (Å²) in [4.78, 5) is 14.6. The van der Waals surface area contributed by atoms with Crippen molar-refractivity contribution in [3.8, 4) is 11.5 Å². The summed E-state index contributed by atoms with van der Waals surface area (Å²) in [6, 6.07) is 7.68. The Labute approximate surface area is 134 Å². The molecule has 2 aliphatic heterocycles. The summed E-state index contributed by atoms with van der Waals surface area (Å²) in [5.74, 6) is 1.38. The summed E-state index contributed by atoms with van der Waals surface area (Å²) in [7, 11) is 0. The molecular formula is C17H19N3O3. The summed E-state index contributed by atoms with van der Waals surface area (Å²) in [5.41, 5.74) is 2.80. The molecule has 1 fully saturated rings. The van der Waals surface area contributed by atoms with Gasteiger partial charge in [-0.2, -0.15) is 5.10 Å². The Bertz CT molecular complexity index is 768. The molecule has 1 aromatic carbocycles. The van der Waals surface area contributed by atoms with Crippen molar-refractivity contribution in [2.45, 2.75) is 26.3 Å². The fourth-order valence-electron chi connectivity index (χ4n) is 3.35. The van der Waals surface area contributed by atoms with E-state index in [2.05, 4.69) is 18.1 Å². The summed E-state index contributed by atoms with van der Waals surface area (Å²) in [5, 5.41) is 4.55. The van der Waals surface area contributed by atoms with Gasteiger partial charge in [-0.15, -0.1) is 0 Å². The van der Waals surface area contributed by atoms with Gasteiger partial charge in [0.05, 0.1) is 11.7 Å². The number of carbonyl (C=O) groups is 1. The van der Waals surface area contributed by atoms with Crippen molar-refractivity contribution in [3.05, 3.63) is 41.2 Å². The van der Waals surface area contributed by atoms with E-state index in [1.54, 1.807) is 18.2 Å². The van der Waals surface area contributed by atoms with Crippen molar-refractivity contribution in [2.75, 3.05) is 19.9 Å². The summed E-state index contributed by atoms with van der Waals surface area (Å²) >= 11 is 0. The Kier molecular flexibility index (Phi) is 3.25. The number of hydrogen-bond donors (Lipinski definition) is 0. The van der Waals surface area contributed by atoms with Crippen LogP contribution in [0.4, 0.5) is 0 Å². The Morgan fingerprint density at radius 1 is 1.22 bits per heavy atom. The normalized spacial score (nSPS) is 19.4. The third-order valence-corrected chi connectivity index (χ3v) is 4.46. The lowest BCUT2D eigenvalue weighted by Crippen LogP contribution is -2.29. The third-order valence-electron chi connectivity index (χ3n) is 4.46. The largest absolute Gasteiger partial charge is 0.454 e. The van der Waals surface area contributed by atoms with E-state index in [9.17, 15) is 4.79 Å². The van der Waals surface area contributed by atoms with E-state index >= 15 is 0 Å². The van der Waals surface area contributed by atoms with Crippen LogP contribution in [0.15, 0.2) is 24.3 Å². The predicted octanol–water partition coefficient (Wildman–Crippen LogP) is 2.32. The van der Waals surface area contributed by atoms with Crippen LogP contribution in [-0.2, 0) is 0 Å². The van der Waals surface area contributed by atoms with Gasteiger partial charge in [-0.3, -0.25) is 9.48 Å². The second-order valence-corrected chi connectivity index (χ2v) is 6.13. The fourth-order valence-corrected chi connectivity index (χ4v) is 3.35. The third kappa shape index (κ3) is 2.44. The summed E-state index contributed by atoms with van der Waals surface area (Å²) < 4.78 is 12.7. The standard InChI is InChI=1S/C17H19N3O3/c1-11-7-12(2)20(18-11)14-5-6-19(9-14)17(21)13-3-4-15-16(8-13)23-10-22-15/h3-4,7-8,14H,5-6,9-10H2,1-2H3/t14-/m0/s1. The maximum absolute atomic E-state index is 12.7. The summed E-state index contributed by atoms with van der Waals surface area (Å²) in [6.07, 6.45) is 0.929. The van der Waals surface area contributed by atoms with E-state index in [0.29, 0.717) is 23.6 Å². The average molecular weight is 313 g/mol. The molecule has 2 aliphatic rings. The van der Waals surface area contributed by atoms with Crippen molar-refractivity contribution in [1.82, 2.24) is 14.7 Å². The van der Waals surface area contributed by atoms with Crippen molar-refractivity contribution in [2.24, 2.45) is 0 Å². The number of likely N-dealkylation sites (tertiary alicyclic amines) is 1. The molecule has 0 unspecified atom stereocenters. The molecule has 0 spiro atoms. The first-order valence-corrected chi connectivity index (χ1v) is 7.83. The number of aromatic nitrogens is 2. The van der Waals surface area contributed by atoms with Crippen molar-refractivity contribution in [3.63, 3.8) is 0 Å². The van der Waals surface area contributed by atoms with E-state index < -0.39 is 0 Å². The predicted molar refractivity (Wildman–Crippen MR) is 83.8 cm³/mol. The van der Waals surface area contributed by atoms with Gasteiger partial charge < -0.3 is 14.4 Å². The topological polar surface area (TPSA) is 56.6 Å². The van der Waals surface area contributed by atoms with Gasteiger partial charge in [-0.05, 0) is 44.5 Å². The highest BCUT2D eigenvalue weighted by Gasteiger charge is 2.30. The number of rotatable bonds is 2. The van der Waals surface area contributed by atoms with Crippen LogP contribution in [0.1, 0.15) is 34.2 Å². The molecule has 0 aliphatic carbocycles. The molecule has 1 atom stereocenters. The molecule has 6 heteroatoms. The molecule has 4 rings (SSSR count). The van der Waals surface area contributed by atoms with Crippen LogP contribution in [0.2, 0.25) is 0 Å². The van der Waals surface area contributed by atoms with Crippen LogP contribution in [0.3, 0.4) is 0 Å². The highest BCUT2D eigenvalue weighted by Crippen LogP contribution is 2.33. The molecule has 1 amide bonds. The fraction of sp³-hybridized carbons (Fsp3) is 0.412. The number of ether oxygens (including phenoxy) is 2. The van der Waals surface area contributed by atoms with E-state index in [1.165, 1.54) is 0 Å². The quantitative estimate of drug-likeness (QED) is 0.854. The van der Waals surface area contributed by atoms with Gasteiger partial charge in [0.25, 0.3) is 5.91 Å². The molecule has 0 saturated carbocycles. The second kappa shape index (κ2) is 5.30. The maximum Gasteiger partial charge on any atom is 0.254 e. The molecule has 0 N–H and O–H groups in total. The first-order chi connectivity index (χ1) is 11.1. The Balaban J connectivity index is 1.51. The number of nitrogens with zero attached hydrogens (tertiary/aromatic N) is 3. The lowest BCUT2D eigenvalue weighted by atomic mass is 10.2. The van der Waals surface area contributed by atoms with E-state index in [1.807, 2.05) is 16.5 Å². The van der Waals surface area contributed by atoms with Gasteiger partial charge in [0, 0.05) is 24.3 Å². The number of amides is 1. The van der Waals surface area contributed by atoms with Gasteiger partial charge in [-0.1, -0.05) is 0 Å². The van der Waals surface area contributed by atoms with Gasteiger partial charge >= 0.3 is 0 Å². The van der Waals surface area contributed by atoms with Crippen molar-refractivity contribution < 1.29 is 14.3 Å². The van der Waals surface area contributed by atoms with E-state index in [-0.39, 0.29) is 18.7 Å². The Morgan fingerprint density at radius 2 is 2.04 bits per heavy atom. The minimum Gasteiger partial charge on any atom is -0.454 e. The molecule has 3 heterocycles. The monoisotopic (exact) mass is 313 g/mol. The van der Waals surface area contributed by atoms with Crippen molar-refractivity contribution in [1.29, 1.82) is 0 Å². The maximum atomic E-state index is 12.7. The van der Waals surface area contributed by atoms with Crippen LogP contribution in [0, 0.1) is 13.8 Å².